The van der Waals surface area contributed by atoms with Crippen LogP contribution >= 0.6 is 11.3 Å². The van der Waals surface area contributed by atoms with Gasteiger partial charge in [0, 0.05) is 16.4 Å². The smallest absolute Gasteiger partial charge is 0.0453 e. The quantitative estimate of drug-likeness (QED) is 0.339. The van der Waals surface area contributed by atoms with Crippen LogP contribution in [-0.2, 0) is 0 Å². The fourth-order valence-corrected chi connectivity index (χ4v) is 2.69. The third kappa shape index (κ3) is 6.29. The molecule has 124 valence electrons. The van der Waals surface area contributed by atoms with E-state index in [4.69, 9.17) is 0 Å². The molecule has 1 N–H and O–H groups in total. The van der Waals surface area contributed by atoms with Crippen molar-refractivity contribution < 1.29 is 0 Å². The summed E-state index contributed by atoms with van der Waals surface area (Å²) in [6, 6.07) is 20.8. The molecule has 0 bridgehead atoms. The van der Waals surface area contributed by atoms with Gasteiger partial charge in [-0.25, -0.2) is 0 Å². The van der Waals surface area contributed by atoms with E-state index < -0.39 is 0 Å². The number of rotatable bonds is 0. The van der Waals surface area contributed by atoms with Crippen molar-refractivity contribution in [1.82, 2.24) is 4.98 Å². The highest BCUT2D eigenvalue weighted by atomic mass is 32.1. The molecule has 1 nitrogen and oxygen atoms in total. The van der Waals surface area contributed by atoms with E-state index in [1.807, 2.05) is 46.0 Å². The summed E-state index contributed by atoms with van der Waals surface area (Å²) in [6.07, 6.45) is 1.95. The van der Waals surface area contributed by atoms with Crippen LogP contribution in [0, 0.1) is 0 Å². The van der Waals surface area contributed by atoms with Gasteiger partial charge in [0.05, 0.1) is 0 Å². The lowest BCUT2D eigenvalue weighted by Crippen LogP contribution is -1.61. The monoisotopic (exact) mass is 327 g/mol. The number of aromatic amines is 1. The Morgan fingerprint density at radius 1 is 0.696 bits per heavy atom. The highest BCUT2D eigenvalue weighted by molar-refractivity contribution is 7.17. The van der Waals surface area contributed by atoms with Gasteiger partial charge in [-0.15, -0.1) is 11.3 Å². The first-order chi connectivity index (χ1) is 10.9. The molecule has 0 unspecified atom stereocenters. The normalized spacial score (nSPS) is 8.52. The van der Waals surface area contributed by atoms with Crippen molar-refractivity contribution in [3.63, 3.8) is 0 Å². The fraction of sp³-hybridized carbons (Fsp3) is 0.238. The summed E-state index contributed by atoms with van der Waals surface area (Å²) in [4.78, 5) is 3.12. The van der Waals surface area contributed by atoms with Crippen molar-refractivity contribution in [2.75, 3.05) is 0 Å². The number of H-pyrrole nitrogens is 1. The number of hydrogen-bond donors (Lipinski definition) is 1. The van der Waals surface area contributed by atoms with Crippen molar-refractivity contribution >= 4 is 32.3 Å². The van der Waals surface area contributed by atoms with Crippen LogP contribution in [0.3, 0.4) is 0 Å². The Bertz CT molecular complexity index is 626. The molecule has 0 atom stereocenters. The minimum atomic E-state index is 0. The molecule has 2 heterocycles. The van der Waals surface area contributed by atoms with Gasteiger partial charge >= 0.3 is 0 Å². The summed E-state index contributed by atoms with van der Waals surface area (Å²) >= 11 is 1.79. The summed E-state index contributed by atoms with van der Waals surface area (Å²) in [7, 11) is 0. The van der Waals surface area contributed by atoms with E-state index in [1.54, 1.807) is 11.3 Å². The van der Waals surface area contributed by atoms with Gasteiger partial charge in [-0.05, 0) is 40.4 Å². The number of aromatic nitrogens is 1. The van der Waals surface area contributed by atoms with Crippen LogP contribution in [0.15, 0.2) is 72.2 Å². The second-order valence-electron chi connectivity index (χ2n) is 4.02. The Kier molecular flexibility index (Phi) is 11.4. The first-order valence-corrected chi connectivity index (χ1v) is 8.76. The largest absolute Gasteiger partial charge is 0.361 e. The molecule has 0 aliphatic carbocycles. The maximum absolute atomic E-state index is 3.12. The zero-order chi connectivity index (χ0) is 16.2. The van der Waals surface area contributed by atoms with Gasteiger partial charge in [0.1, 0.15) is 0 Å². The average Bonchev–Trinajstić information content (AvgIpc) is 3.28. The standard InChI is InChI=1S/C8H7N.C8H6S.2C2H6.CH4/c2*1-2-4-8-7(3-1)5-6-9-8;2*1-2;/h1-6,9H;1-6H;2*1-2H3;1H4. The Hall–Kier alpha value is -2.06. The van der Waals surface area contributed by atoms with Crippen molar-refractivity contribution in [3.05, 3.63) is 72.2 Å². The van der Waals surface area contributed by atoms with Crippen molar-refractivity contribution in [3.8, 4) is 0 Å². The first kappa shape index (κ1) is 20.9. The van der Waals surface area contributed by atoms with Gasteiger partial charge in [-0.1, -0.05) is 71.5 Å². The zero-order valence-corrected chi connectivity index (χ0v) is 14.7. The Morgan fingerprint density at radius 3 is 1.96 bits per heavy atom. The average molecular weight is 328 g/mol. The van der Waals surface area contributed by atoms with E-state index in [-0.39, 0.29) is 7.43 Å². The minimum absolute atomic E-state index is 0. The summed E-state index contributed by atoms with van der Waals surface area (Å²) in [5.74, 6) is 0. The first-order valence-electron chi connectivity index (χ1n) is 7.88. The number of benzene rings is 2. The number of para-hydroxylation sites is 1. The van der Waals surface area contributed by atoms with Crippen LogP contribution in [0.25, 0.3) is 21.0 Å². The van der Waals surface area contributed by atoms with E-state index >= 15 is 0 Å². The van der Waals surface area contributed by atoms with Crippen LogP contribution < -0.4 is 0 Å². The molecule has 0 saturated carbocycles. The zero-order valence-electron chi connectivity index (χ0n) is 13.8. The van der Waals surface area contributed by atoms with Crippen molar-refractivity contribution in [1.29, 1.82) is 0 Å². The lowest BCUT2D eigenvalue weighted by molar-refractivity contribution is 1.48. The van der Waals surface area contributed by atoms with Gasteiger partial charge in [-0.3, -0.25) is 0 Å². The number of hydrogen-bond acceptors (Lipinski definition) is 1. The van der Waals surface area contributed by atoms with E-state index in [1.165, 1.54) is 21.0 Å². The molecule has 2 heteroatoms. The second kappa shape index (κ2) is 12.5. The molecule has 0 aliphatic heterocycles. The molecule has 0 radical (unpaired) electrons. The van der Waals surface area contributed by atoms with Crippen LogP contribution in [-0.4, -0.2) is 4.98 Å². The van der Waals surface area contributed by atoms with Gasteiger partial charge < -0.3 is 4.98 Å². The predicted octanol–water partition coefficient (Wildman–Crippen LogP) is 7.76. The minimum Gasteiger partial charge on any atom is -0.361 e. The SMILES string of the molecule is C.CC.CC.c1ccc2[nH]ccc2c1.c1ccc2sccc2c1. The van der Waals surface area contributed by atoms with Crippen LogP contribution in [0.1, 0.15) is 35.1 Å². The molecule has 0 fully saturated rings. The maximum atomic E-state index is 3.12. The number of fused-ring (bicyclic) bond motifs is 2. The Morgan fingerprint density at radius 2 is 1.30 bits per heavy atom. The predicted molar refractivity (Wildman–Crippen MR) is 110 cm³/mol. The fourth-order valence-electron chi connectivity index (χ4n) is 1.90. The summed E-state index contributed by atoms with van der Waals surface area (Å²) in [5, 5.41) is 4.74. The van der Waals surface area contributed by atoms with E-state index in [2.05, 4.69) is 58.9 Å². The maximum Gasteiger partial charge on any atom is 0.0453 e. The lowest BCUT2D eigenvalue weighted by atomic mass is 10.3. The van der Waals surface area contributed by atoms with Gasteiger partial charge in [-0.2, -0.15) is 0 Å². The highest BCUT2D eigenvalue weighted by Crippen LogP contribution is 2.18. The second-order valence-corrected chi connectivity index (χ2v) is 4.97. The molecule has 2 aromatic heterocycles. The van der Waals surface area contributed by atoms with Crippen LogP contribution in [0.2, 0.25) is 0 Å². The molecule has 0 saturated heterocycles. The van der Waals surface area contributed by atoms with E-state index in [0.29, 0.717) is 0 Å². The molecule has 4 rings (SSSR count). The molecule has 23 heavy (non-hydrogen) atoms. The van der Waals surface area contributed by atoms with Crippen molar-refractivity contribution in [2.24, 2.45) is 0 Å². The third-order valence-electron chi connectivity index (χ3n) is 2.82. The summed E-state index contributed by atoms with van der Waals surface area (Å²) in [6.45, 7) is 8.00. The van der Waals surface area contributed by atoms with E-state index in [9.17, 15) is 0 Å². The molecule has 0 amide bonds. The molecule has 0 aliphatic rings. The lowest BCUT2D eigenvalue weighted by Gasteiger charge is -1.83. The Labute approximate surface area is 145 Å². The van der Waals surface area contributed by atoms with Gasteiger partial charge in [0.15, 0.2) is 0 Å². The van der Waals surface area contributed by atoms with Crippen molar-refractivity contribution in [2.45, 2.75) is 35.1 Å². The van der Waals surface area contributed by atoms with Crippen LogP contribution in [0.5, 0.6) is 0 Å². The van der Waals surface area contributed by atoms with Crippen LogP contribution in [0.4, 0.5) is 0 Å². The highest BCUT2D eigenvalue weighted by Gasteiger charge is 1.88. The molecule has 4 aromatic rings. The Balaban J connectivity index is 0.000000335. The number of nitrogens with one attached hydrogen (secondary N) is 1. The topological polar surface area (TPSA) is 15.8 Å². The molecular weight excluding hydrogens is 298 g/mol. The molecule has 2 aromatic carbocycles. The molecule has 0 spiro atoms. The summed E-state index contributed by atoms with van der Waals surface area (Å²) < 4.78 is 1.37. The van der Waals surface area contributed by atoms with Gasteiger partial charge in [0.25, 0.3) is 0 Å². The summed E-state index contributed by atoms with van der Waals surface area (Å²) in [5.41, 5.74) is 1.21. The third-order valence-corrected chi connectivity index (χ3v) is 3.72. The number of thiophene rings is 1. The van der Waals surface area contributed by atoms with Gasteiger partial charge in [0.2, 0.25) is 0 Å². The molecular formula is C21H29NS. The van der Waals surface area contributed by atoms with E-state index in [0.717, 1.165) is 0 Å².